The van der Waals surface area contributed by atoms with Crippen LogP contribution in [0.25, 0.3) is 0 Å². The van der Waals surface area contributed by atoms with Crippen LogP contribution in [-0.4, -0.2) is 32.3 Å². The smallest absolute Gasteiger partial charge is 0.258 e. The highest BCUT2D eigenvalue weighted by atomic mass is 16.5. The highest BCUT2D eigenvalue weighted by Crippen LogP contribution is 2.10. The zero-order valence-corrected chi connectivity index (χ0v) is 10.5. The largest absolute Gasteiger partial charge is 0.484 e. The zero-order valence-electron chi connectivity index (χ0n) is 10.5. The molecule has 4 heteroatoms. The number of amides is 1. The number of benzene rings is 1. The molecule has 0 saturated heterocycles. The van der Waals surface area contributed by atoms with Crippen LogP contribution in [0.15, 0.2) is 24.3 Å². The summed E-state index contributed by atoms with van der Waals surface area (Å²) in [6.07, 6.45) is 0. The Labute approximate surface area is 102 Å². The van der Waals surface area contributed by atoms with Gasteiger partial charge in [0.25, 0.3) is 5.91 Å². The summed E-state index contributed by atoms with van der Waals surface area (Å²) in [7, 11) is 1.60. The number of hydrogen-bond acceptors (Lipinski definition) is 3. The highest BCUT2D eigenvalue weighted by Gasteiger charge is 2.07. The number of hydrogen-bond donors (Lipinski definition) is 1. The fourth-order valence-corrected chi connectivity index (χ4v) is 1.39. The second-order valence-corrected chi connectivity index (χ2v) is 4.03. The summed E-state index contributed by atoms with van der Waals surface area (Å²) in [6, 6.07) is 7.58. The Bertz CT molecular complexity index is 348. The molecule has 0 radical (unpaired) electrons. The van der Waals surface area contributed by atoms with Gasteiger partial charge in [0, 0.05) is 13.2 Å². The molecule has 1 aromatic carbocycles. The van der Waals surface area contributed by atoms with Crippen molar-refractivity contribution in [3.05, 3.63) is 29.8 Å². The molecule has 0 aliphatic rings. The van der Waals surface area contributed by atoms with Crippen LogP contribution in [0.5, 0.6) is 5.75 Å². The topological polar surface area (TPSA) is 47.6 Å². The molecule has 1 N–H and O–H groups in total. The van der Waals surface area contributed by atoms with Crippen molar-refractivity contribution in [1.82, 2.24) is 5.32 Å². The Morgan fingerprint density at radius 3 is 2.59 bits per heavy atom. The van der Waals surface area contributed by atoms with Crippen LogP contribution in [-0.2, 0) is 9.53 Å². The van der Waals surface area contributed by atoms with Crippen LogP contribution in [0.1, 0.15) is 12.5 Å². The molecule has 1 atom stereocenters. The Hall–Kier alpha value is -1.55. The van der Waals surface area contributed by atoms with Crippen LogP contribution in [0, 0.1) is 6.92 Å². The minimum atomic E-state index is -0.143. The maximum absolute atomic E-state index is 11.5. The van der Waals surface area contributed by atoms with Gasteiger partial charge >= 0.3 is 0 Å². The van der Waals surface area contributed by atoms with Crippen molar-refractivity contribution in [1.29, 1.82) is 0 Å². The van der Waals surface area contributed by atoms with Gasteiger partial charge in [-0.05, 0) is 26.0 Å². The SMILES string of the molecule is COCC(C)NC(=O)COc1ccc(C)cc1. The second kappa shape index (κ2) is 6.91. The van der Waals surface area contributed by atoms with E-state index in [1.165, 1.54) is 0 Å². The summed E-state index contributed by atoms with van der Waals surface area (Å²) in [4.78, 5) is 11.5. The van der Waals surface area contributed by atoms with Gasteiger partial charge < -0.3 is 14.8 Å². The van der Waals surface area contributed by atoms with E-state index in [0.717, 1.165) is 5.56 Å². The molecule has 1 rings (SSSR count). The fourth-order valence-electron chi connectivity index (χ4n) is 1.39. The Morgan fingerprint density at radius 2 is 2.00 bits per heavy atom. The van der Waals surface area contributed by atoms with E-state index < -0.39 is 0 Å². The lowest BCUT2D eigenvalue weighted by Gasteiger charge is -2.13. The minimum absolute atomic E-state index is 0.00545. The second-order valence-electron chi connectivity index (χ2n) is 4.03. The van der Waals surface area contributed by atoms with Crippen molar-refractivity contribution in [2.75, 3.05) is 20.3 Å². The van der Waals surface area contributed by atoms with Crippen molar-refractivity contribution in [3.63, 3.8) is 0 Å². The molecule has 1 amide bonds. The first-order valence-corrected chi connectivity index (χ1v) is 5.59. The Kier molecular flexibility index (Phi) is 5.49. The normalized spacial score (nSPS) is 11.9. The summed E-state index contributed by atoms with van der Waals surface area (Å²) in [5.74, 6) is 0.556. The van der Waals surface area contributed by atoms with Crippen LogP contribution in [0.2, 0.25) is 0 Å². The van der Waals surface area contributed by atoms with Gasteiger partial charge in [0.15, 0.2) is 6.61 Å². The number of rotatable bonds is 6. The highest BCUT2D eigenvalue weighted by molar-refractivity contribution is 5.77. The van der Waals surface area contributed by atoms with Gasteiger partial charge in [0.2, 0.25) is 0 Å². The molecule has 0 saturated carbocycles. The Morgan fingerprint density at radius 1 is 1.35 bits per heavy atom. The first kappa shape index (κ1) is 13.5. The first-order valence-electron chi connectivity index (χ1n) is 5.59. The van der Waals surface area contributed by atoms with E-state index in [1.54, 1.807) is 7.11 Å². The Balaban J connectivity index is 2.30. The maximum Gasteiger partial charge on any atom is 0.258 e. The van der Waals surface area contributed by atoms with Crippen LogP contribution < -0.4 is 10.1 Å². The lowest BCUT2D eigenvalue weighted by molar-refractivity contribution is -0.124. The van der Waals surface area contributed by atoms with Gasteiger partial charge in [-0.25, -0.2) is 0 Å². The number of carbonyl (C=O) groups is 1. The standard InChI is InChI=1S/C13H19NO3/c1-10-4-6-12(7-5-10)17-9-13(15)14-11(2)8-16-3/h4-7,11H,8-9H2,1-3H3,(H,14,15). The van der Waals surface area contributed by atoms with Crippen molar-refractivity contribution in [2.24, 2.45) is 0 Å². The molecule has 17 heavy (non-hydrogen) atoms. The van der Waals surface area contributed by atoms with Gasteiger partial charge in [0.05, 0.1) is 6.61 Å². The summed E-state index contributed by atoms with van der Waals surface area (Å²) in [6.45, 7) is 4.41. The lowest BCUT2D eigenvalue weighted by atomic mass is 10.2. The van der Waals surface area contributed by atoms with Gasteiger partial charge in [-0.1, -0.05) is 17.7 Å². The molecule has 0 aromatic heterocycles. The molecule has 4 nitrogen and oxygen atoms in total. The lowest BCUT2D eigenvalue weighted by Crippen LogP contribution is -2.38. The minimum Gasteiger partial charge on any atom is -0.484 e. The quantitative estimate of drug-likeness (QED) is 0.816. The van der Waals surface area contributed by atoms with Gasteiger partial charge in [-0.3, -0.25) is 4.79 Å². The van der Waals surface area contributed by atoms with Crippen LogP contribution in [0.4, 0.5) is 0 Å². The van der Waals surface area contributed by atoms with E-state index in [4.69, 9.17) is 9.47 Å². The number of carbonyl (C=O) groups excluding carboxylic acids is 1. The predicted octanol–water partition coefficient (Wildman–Crippen LogP) is 1.52. The van der Waals surface area contributed by atoms with E-state index in [9.17, 15) is 4.79 Å². The number of methoxy groups -OCH3 is 1. The molecular formula is C13H19NO3. The van der Waals surface area contributed by atoms with Crippen molar-refractivity contribution < 1.29 is 14.3 Å². The summed E-state index contributed by atoms with van der Waals surface area (Å²) in [5, 5.41) is 2.77. The van der Waals surface area contributed by atoms with Crippen molar-refractivity contribution in [2.45, 2.75) is 19.9 Å². The predicted molar refractivity (Wildman–Crippen MR) is 66.2 cm³/mol. The van der Waals surface area contributed by atoms with Gasteiger partial charge in [0.1, 0.15) is 5.75 Å². The monoisotopic (exact) mass is 237 g/mol. The third-order valence-corrected chi connectivity index (χ3v) is 2.21. The van der Waals surface area contributed by atoms with Crippen molar-refractivity contribution >= 4 is 5.91 Å². The maximum atomic E-state index is 11.5. The molecule has 1 unspecified atom stereocenters. The molecule has 0 aliphatic carbocycles. The van der Waals surface area contributed by atoms with Gasteiger partial charge in [-0.15, -0.1) is 0 Å². The number of ether oxygens (including phenoxy) is 2. The van der Waals surface area contributed by atoms with Crippen molar-refractivity contribution in [3.8, 4) is 5.75 Å². The van der Waals surface area contributed by atoms with Crippen LogP contribution >= 0.6 is 0 Å². The summed E-state index contributed by atoms with van der Waals surface area (Å²) in [5.41, 5.74) is 1.16. The number of nitrogens with one attached hydrogen (secondary N) is 1. The third kappa shape index (κ3) is 5.36. The summed E-state index contributed by atoms with van der Waals surface area (Å²) < 4.78 is 10.3. The van der Waals surface area contributed by atoms with Crippen LogP contribution in [0.3, 0.4) is 0 Å². The number of aryl methyl sites for hydroxylation is 1. The fraction of sp³-hybridized carbons (Fsp3) is 0.462. The van der Waals surface area contributed by atoms with E-state index in [1.807, 2.05) is 38.1 Å². The van der Waals surface area contributed by atoms with E-state index in [-0.39, 0.29) is 18.6 Å². The first-order chi connectivity index (χ1) is 8.11. The molecule has 0 aliphatic heterocycles. The average Bonchev–Trinajstić information content (AvgIpc) is 2.28. The molecule has 0 fully saturated rings. The molecular weight excluding hydrogens is 218 g/mol. The zero-order chi connectivity index (χ0) is 12.7. The van der Waals surface area contributed by atoms with Gasteiger partial charge in [-0.2, -0.15) is 0 Å². The molecule has 94 valence electrons. The van der Waals surface area contributed by atoms with E-state index >= 15 is 0 Å². The third-order valence-electron chi connectivity index (χ3n) is 2.21. The molecule has 0 spiro atoms. The molecule has 1 aromatic rings. The molecule has 0 bridgehead atoms. The van der Waals surface area contributed by atoms with E-state index in [0.29, 0.717) is 12.4 Å². The average molecular weight is 237 g/mol. The molecule has 0 heterocycles. The van der Waals surface area contributed by atoms with E-state index in [2.05, 4.69) is 5.32 Å². The summed E-state index contributed by atoms with van der Waals surface area (Å²) >= 11 is 0.